The fourth-order valence-corrected chi connectivity index (χ4v) is 44.1. The summed E-state index contributed by atoms with van der Waals surface area (Å²) in [5, 5.41) is 0. The number of aldehydes is 1. The topological polar surface area (TPSA) is 35.5 Å². The van der Waals surface area contributed by atoms with Crippen LogP contribution in [-0.2, 0) is 13.6 Å². The first-order valence-electron chi connectivity index (χ1n) is 10.9. The van der Waals surface area contributed by atoms with E-state index >= 15 is 4.11 Å². The van der Waals surface area contributed by atoms with Crippen molar-refractivity contribution in [3.63, 3.8) is 0 Å². The van der Waals surface area contributed by atoms with Crippen LogP contribution in [0.3, 0.4) is 0 Å². The predicted molar refractivity (Wildman–Crippen MR) is 131 cm³/mol. The summed E-state index contributed by atoms with van der Waals surface area (Å²) in [5.41, 5.74) is 1.53. The van der Waals surface area contributed by atoms with E-state index in [2.05, 4.69) is 80.8 Å². The lowest BCUT2D eigenvalue weighted by atomic mass is 10.2. The maximum absolute atomic E-state index is 16.3. The first kappa shape index (κ1) is 28.4. The molecule has 0 rings (SSSR count). The lowest BCUT2D eigenvalue weighted by Crippen LogP contribution is -2.71. The van der Waals surface area contributed by atoms with E-state index in [-0.39, 0.29) is 12.5 Å². The quantitative estimate of drug-likeness (QED) is 0.170. The van der Waals surface area contributed by atoms with Gasteiger partial charge in [-0.1, -0.05) is 80.8 Å². The maximum Gasteiger partial charge on any atom is 0.342 e. The average molecular weight is 467 g/mol. The zero-order valence-corrected chi connectivity index (χ0v) is 24.6. The van der Waals surface area contributed by atoms with E-state index in [4.69, 9.17) is 8.85 Å². The van der Waals surface area contributed by atoms with E-state index in [0.717, 1.165) is 6.29 Å². The standard InChI is InChI=1S/C20H47FO3Si4/c1-17(2)27(18(3)4,19(5)6)23-16-14-20(13-15-22)24-28(21,25(7,8)9)26(10,11)12/h15,17-20H,13-14,16H2,1-12H3. The number of hydrogen-bond donors (Lipinski definition) is 0. The number of carbonyl (C=O) groups is 1. The molecule has 0 saturated carbocycles. The molecule has 0 aliphatic rings. The number of carbonyl (C=O) groups excluding carboxylic acids is 1. The second kappa shape index (κ2) is 10.6. The van der Waals surface area contributed by atoms with Gasteiger partial charge in [0.1, 0.15) is 21.5 Å². The van der Waals surface area contributed by atoms with Gasteiger partial charge in [0.2, 0.25) is 0 Å². The summed E-state index contributed by atoms with van der Waals surface area (Å²) in [5.74, 6) is 0. The Morgan fingerprint density at radius 2 is 1.21 bits per heavy atom. The lowest BCUT2D eigenvalue weighted by molar-refractivity contribution is -0.109. The van der Waals surface area contributed by atoms with Gasteiger partial charge in [0.25, 0.3) is 0 Å². The molecule has 0 N–H and O–H groups in total. The molecule has 0 heterocycles. The summed E-state index contributed by atoms with van der Waals surface area (Å²) >= 11 is 0. The van der Waals surface area contributed by atoms with Crippen LogP contribution in [0.1, 0.15) is 54.4 Å². The molecule has 8 heteroatoms. The Hall–Kier alpha value is 0.388. The van der Waals surface area contributed by atoms with E-state index in [1.165, 1.54) is 0 Å². The van der Waals surface area contributed by atoms with Crippen molar-refractivity contribution in [1.29, 1.82) is 0 Å². The zero-order valence-electron chi connectivity index (χ0n) is 20.6. The largest absolute Gasteiger partial charge is 0.416 e. The first-order valence-corrected chi connectivity index (χ1v) is 23.8. The van der Waals surface area contributed by atoms with Crippen molar-refractivity contribution in [2.24, 2.45) is 0 Å². The van der Waals surface area contributed by atoms with Gasteiger partial charge in [0, 0.05) is 13.0 Å². The van der Waals surface area contributed by atoms with Crippen LogP contribution in [-0.4, -0.2) is 50.2 Å². The Morgan fingerprint density at radius 3 is 1.50 bits per heavy atom. The minimum atomic E-state index is -3.34. The van der Waals surface area contributed by atoms with E-state index in [9.17, 15) is 4.79 Å². The molecule has 0 fully saturated rings. The van der Waals surface area contributed by atoms with E-state index < -0.39 is 31.2 Å². The van der Waals surface area contributed by atoms with Crippen LogP contribution >= 0.6 is 0 Å². The second-order valence-corrected chi connectivity index (χ2v) is 41.4. The van der Waals surface area contributed by atoms with Crippen LogP contribution in [0.15, 0.2) is 0 Å². The summed E-state index contributed by atoms with van der Waals surface area (Å²) in [7, 11) is -9.51. The van der Waals surface area contributed by atoms with Gasteiger partial charge < -0.3 is 13.6 Å². The van der Waals surface area contributed by atoms with Crippen molar-refractivity contribution in [1.82, 2.24) is 0 Å². The smallest absolute Gasteiger partial charge is 0.342 e. The van der Waals surface area contributed by atoms with Crippen molar-refractivity contribution in [2.45, 2.75) is 116 Å². The van der Waals surface area contributed by atoms with Crippen molar-refractivity contribution in [3.05, 3.63) is 0 Å². The summed E-state index contributed by atoms with van der Waals surface area (Å²) in [6, 6.07) is 0. The fourth-order valence-electron chi connectivity index (χ4n) is 4.91. The van der Waals surface area contributed by atoms with Crippen molar-refractivity contribution < 1.29 is 17.8 Å². The highest BCUT2D eigenvalue weighted by atomic mass is 29.7. The second-order valence-electron chi connectivity index (χ2n) is 11.2. The average Bonchev–Trinajstić information content (AvgIpc) is 2.48. The molecule has 1 unspecified atom stereocenters. The van der Waals surface area contributed by atoms with Crippen LogP contribution in [0, 0.1) is 0 Å². The lowest BCUT2D eigenvalue weighted by Gasteiger charge is -2.44. The summed E-state index contributed by atoms with van der Waals surface area (Å²) in [6.45, 7) is 26.7. The van der Waals surface area contributed by atoms with Crippen LogP contribution < -0.4 is 0 Å². The number of hydrogen-bond acceptors (Lipinski definition) is 3. The fraction of sp³-hybridized carbons (Fsp3) is 0.950. The van der Waals surface area contributed by atoms with Crippen LogP contribution in [0.4, 0.5) is 4.11 Å². The SMILES string of the molecule is CC(C)[Si](OCCC(CC=O)O[Si](F)([Si](C)(C)C)[Si](C)(C)C)(C(C)C)C(C)C. The third-order valence-electron chi connectivity index (χ3n) is 6.12. The number of rotatable bonds is 13. The monoisotopic (exact) mass is 466 g/mol. The van der Waals surface area contributed by atoms with Crippen molar-refractivity contribution >= 4 is 37.5 Å². The Bertz CT molecular complexity index is 449. The van der Waals surface area contributed by atoms with Crippen LogP contribution in [0.2, 0.25) is 55.9 Å². The van der Waals surface area contributed by atoms with Gasteiger partial charge in [0.15, 0.2) is 8.32 Å². The van der Waals surface area contributed by atoms with Crippen molar-refractivity contribution in [3.8, 4) is 0 Å². The van der Waals surface area contributed by atoms with Crippen molar-refractivity contribution in [2.75, 3.05) is 6.61 Å². The minimum absolute atomic E-state index is 0.260. The van der Waals surface area contributed by atoms with Gasteiger partial charge in [-0.25, -0.2) is 0 Å². The van der Waals surface area contributed by atoms with E-state index in [1.54, 1.807) is 0 Å². The Kier molecular flexibility index (Phi) is 10.8. The number of halogens is 1. The van der Waals surface area contributed by atoms with E-state index in [0.29, 0.717) is 29.7 Å². The molecule has 0 saturated heterocycles. The molecular formula is C20H47FO3Si4. The maximum atomic E-state index is 16.3. The molecule has 28 heavy (non-hydrogen) atoms. The van der Waals surface area contributed by atoms with Gasteiger partial charge in [-0.3, -0.25) is 4.11 Å². The first-order chi connectivity index (χ1) is 12.5. The van der Waals surface area contributed by atoms with E-state index in [1.807, 2.05) is 0 Å². The Morgan fingerprint density at radius 1 is 0.821 bits per heavy atom. The predicted octanol–water partition coefficient (Wildman–Crippen LogP) is 6.79. The van der Waals surface area contributed by atoms with Crippen LogP contribution in [0.25, 0.3) is 0 Å². The molecule has 0 bridgehead atoms. The highest BCUT2D eigenvalue weighted by Crippen LogP contribution is 2.42. The molecule has 0 spiro atoms. The molecule has 3 nitrogen and oxygen atoms in total. The molecule has 0 aliphatic heterocycles. The molecule has 168 valence electrons. The summed E-state index contributed by atoms with van der Waals surface area (Å²) < 4.78 is 29.3. The molecule has 0 aliphatic carbocycles. The molecule has 0 aromatic carbocycles. The minimum Gasteiger partial charge on any atom is -0.416 e. The third-order valence-corrected chi connectivity index (χ3v) is 42.5. The molecular weight excluding hydrogens is 420 g/mol. The summed E-state index contributed by atoms with van der Waals surface area (Å²) in [6.07, 6.45) is 1.39. The molecule has 0 aromatic rings. The molecule has 0 aromatic heterocycles. The highest BCUT2D eigenvalue weighted by Gasteiger charge is 2.60. The highest BCUT2D eigenvalue weighted by molar-refractivity contribution is 7.64. The van der Waals surface area contributed by atoms with Gasteiger partial charge >= 0.3 is 7.69 Å². The molecule has 0 radical (unpaired) electrons. The van der Waals surface area contributed by atoms with Crippen LogP contribution in [0.5, 0.6) is 0 Å². The zero-order chi connectivity index (χ0) is 22.6. The normalized spacial score (nSPS) is 15.6. The third kappa shape index (κ3) is 6.44. The van der Waals surface area contributed by atoms with Gasteiger partial charge in [-0.2, -0.15) is 0 Å². The van der Waals surface area contributed by atoms with Gasteiger partial charge in [0.05, 0.1) is 6.10 Å². The van der Waals surface area contributed by atoms with Gasteiger partial charge in [-0.15, -0.1) is 0 Å². The Balaban J connectivity index is 5.46. The Labute approximate surface area is 178 Å². The molecule has 0 amide bonds. The summed E-state index contributed by atoms with van der Waals surface area (Å²) in [4.78, 5) is 11.3. The molecule has 1 atom stereocenters. The van der Waals surface area contributed by atoms with Gasteiger partial charge in [-0.05, 0) is 23.0 Å².